The lowest BCUT2D eigenvalue weighted by Crippen LogP contribution is -2.64. The summed E-state index contributed by atoms with van der Waals surface area (Å²) in [6, 6.07) is -1.36. The molecular weight excluding hydrogens is 882 g/mol. The smallest absolute Gasteiger partial charge is 0.236 e. The van der Waals surface area contributed by atoms with E-state index in [0.717, 1.165) is 7.05 Å². The zero-order valence-electron chi connectivity index (χ0n) is 26.5. The molecule has 4 saturated carbocycles. The van der Waals surface area contributed by atoms with Gasteiger partial charge in [0.1, 0.15) is 36.9 Å². The van der Waals surface area contributed by atoms with E-state index in [1.54, 1.807) is 6.92 Å². The van der Waals surface area contributed by atoms with E-state index in [9.17, 15) is 19.2 Å². The number of nitrogens with zero attached hydrogens (tertiary/aromatic N) is 2. The largest absolute Gasteiger partial charge is 0.366 e. The molecule has 52 heavy (non-hydrogen) atoms. The number of carbonyl (C=O) groups excluding carboxylic acids is 4. The molecule has 0 spiro atoms. The van der Waals surface area contributed by atoms with Gasteiger partial charge in [-0.25, -0.2) is 26.3 Å². The molecule has 0 aromatic carbocycles. The third-order valence-electron chi connectivity index (χ3n) is 11.3. The molecule has 4 aliphatic carbocycles. The summed E-state index contributed by atoms with van der Waals surface area (Å²) in [7, 11) is 0.998. The van der Waals surface area contributed by atoms with Crippen LogP contribution in [0.25, 0.3) is 0 Å². The zero-order chi connectivity index (χ0) is 38.7. The van der Waals surface area contributed by atoms with Crippen LogP contribution in [0.3, 0.4) is 0 Å². The number of amides is 4. The molecule has 0 bridgehead atoms. The van der Waals surface area contributed by atoms with Crippen molar-refractivity contribution in [2.24, 2.45) is 29.6 Å². The van der Waals surface area contributed by atoms with Crippen molar-refractivity contribution >= 4 is 116 Å². The van der Waals surface area contributed by atoms with Gasteiger partial charge < -0.3 is 9.47 Å². The van der Waals surface area contributed by atoms with Gasteiger partial charge in [0.05, 0.1) is 84.9 Å². The van der Waals surface area contributed by atoms with E-state index in [2.05, 4.69) is 0 Å². The highest BCUT2D eigenvalue weighted by molar-refractivity contribution is 6.37. The van der Waals surface area contributed by atoms with Crippen molar-refractivity contribution in [3.63, 3.8) is 0 Å². The standard InChI is InChI=1S/C30H30Cl8F6N2O6/c1-3-8(31)10(33)11(34)22(9(3)32)46-29(49)5-7(30(46)50)19(42)26(21(44)17(5)40)52-24-14(37)12(35)23(13(36)15(24)38)51-25-18(41)6-4(16(39)20(25)43)27(47)45(2)28(6)48/h3-26H,1-2H3. The average Bonchev–Trinajstić information content (AvgIpc) is 3.50. The molecule has 6 aliphatic rings. The Morgan fingerprint density at radius 1 is 0.442 bits per heavy atom. The molecule has 4 amide bonds. The summed E-state index contributed by atoms with van der Waals surface area (Å²) in [5.41, 5.74) is 0. The van der Waals surface area contributed by atoms with Crippen molar-refractivity contribution in [3.05, 3.63) is 0 Å². The second-order valence-corrected chi connectivity index (χ2v) is 18.1. The van der Waals surface area contributed by atoms with Crippen LogP contribution in [-0.4, -0.2) is 151 Å². The van der Waals surface area contributed by atoms with Crippen molar-refractivity contribution in [2.45, 2.75) is 117 Å². The second-order valence-electron chi connectivity index (χ2n) is 14.1. The first-order chi connectivity index (χ1) is 24.2. The summed E-state index contributed by atoms with van der Waals surface area (Å²) in [4.78, 5) is 53.0. The maximum absolute atomic E-state index is 16.3. The predicted octanol–water partition coefficient (Wildman–Crippen LogP) is 5.27. The fourth-order valence-electron chi connectivity index (χ4n) is 8.39. The van der Waals surface area contributed by atoms with Crippen LogP contribution in [0.15, 0.2) is 0 Å². The van der Waals surface area contributed by atoms with Gasteiger partial charge in [-0.3, -0.25) is 29.0 Å². The molecule has 2 aliphatic heterocycles. The van der Waals surface area contributed by atoms with Gasteiger partial charge >= 0.3 is 0 Å². The summed E-state index contributed by atoms with van der Waals surface area (Å²) in [5.74, 6) is -13.3. The molecule has 2 saturated heterocycles. The molecule has 22 unspecified atom stereocenters. The van der Waals surface area contributed by atoms with Crippen LogP contribution in [0.5, 0.6) is 0 Å². The molecule has 0 N–H and O–H groups in total. The van der Waals surface area contributed by atoms with Crippen LogP contribution in [-0.2, 0) is 28.7 Å². The van der Waals surface area contributed by atoms with Crippen LogP contribution >= 0.6 is 92.8 Å². The zero-order valence-corrected chi connectivity index (χ0v) is 32.5. The molecule has 0 radical (unpaired) electrons. The highest BCUT2D eigenvalue weighted by Gasteiger charge is 2.68. The van der Waals surface area contributed by atoms with Crippen LogP contribution in [0.2, 0.25) is 0 Å². The number of alkyl halides is 14. The monoisotopic (exact) mass is 908 g/mol. The molecule has 22 heteroatoms. The van der Waals surface area contributed by atoms with Crippen LogP contribution in [0.1, 0.15) is 6.92 Å². The van der Waals surface area contributed by atoms with E-state index in [-0.39, 0.29) is 0 Å². The van der Waals surface area contributed by atoms with Crippen molar-refractivity contribution in [1.82, 2.24) is 9.80 Å². The number of hydrogen-bond donors (Lipinski definition) is 0. The Morgan fingerprint density at radius 2 is 0.788 bits per heavy atom. The predicted molar refractivity (Wildman–Crippen MR) is 180 cm³/mol. The van der Waals surface area contributed by atoms with E-state index >= 15 is 26.3 Å². The van der Waals surface area contributed by atoms with E-state index in [1.165, 1.54) is 0 Å². The molecule has 294 valence electrons. The minimum absolute atomic E-state index is 0.493. The first-order valence-electron chi connectivity index (χ1n) is 16.1. The highest BCUT2D eigenvalue weighted by atomic mass is 35.5. The number of imide groups is 2. The third-order valence-corrected chi connectivity index (χ3v) is 16.3. The number of rotatable bonds is 5. The average molecular weight is 912 g/mol. The van der Waals surface area contributed by atoms with Crippen LogP contribution in [0, 0.1) is 29.6 Å². The van der Waals surface area contributed by atoms with Gasteiger partial charge in [-0.05, 0) is 5.92 Å². The van der Waals surface area contributed by atoms with Gasteiger partial charge in [0, 0.05) is 7.05 Å². The number of ether oxygens (including phenoxy) is 2. The Kier molecular flexibility index (Phi) is 12.1. The van der Waals surface area contributed by atoms with Crippen molar-refractivity contribution in [3.8, 4) is 0 Å². The Labute approximate surface area is 333 Å². The van der Waals surface area contributed by atoms with E-state index in [1.807, 2.05) is 0 Å². The molecule has 6 rings (SSSR count). The minimum atomic E-state index is -2.87. The molecule has 8 nitrogen and oxygen atoms in total. The number of halogens is 14. The van der Waals surface area contributed by atoms with Crippen molar-refractivity contribution < 1.29 is 55.0 Å². The quantitative estimate of drug-likeness (QED) is 0.212. The number of hydrogen-bond acceptors (Lipinski definition) is 6. The SMILES string of the molecule is CC1C(Cl)C(Cl)C(Cl)C(N2C(=O)C3C(F)C(F)C(OC4C(Cl)C(Cl)C(OC5C(F)C(F)C6C(=O)N(C)C(=O)C6C5F)C(Cl)C4Cl)C(F)C3C2=O)C1Cl. The summed E-state index contributed by atoms with van der Waals surface area (Å²) in [5, 5.41) is -10.6. The van der Waals surface area contributed by atoms with Crippen molar-refractivity contribution in [2.75, 3.05) is 7.05 Å². The van der Waals surface area contributed by atoms with Crippen molar-refractivity contribution in [1.29, 1.82) is 0 Å². The van der Waals surface area contributed by atoms with E-state index in [4.69, 9.17) is 102 Å². The lowest BCUT2D eigenvalue weighted by Gasteiger charge is -2.48. The van der Waals surface area contributed by atoms with Gasteiger partial charge in [0.15, 0.2) is 12.3 Å². The van der Waals surface area contributed by atoms with Gasteiger partial charge in [0.25, 0.3) is 0 Å². The Morgan fingerprint density at radius 3 is 1.19 bits per heavy atom. The maximum Gasteiger partial charge on any atom is 0.236 e. The Balaban J connectivity index is 1.20. The highest BCUT2D eigenvalue weighted by Crippen LogP contribution is 2.51. The van der Waals surface area contributed by atoms with E-state index < -0.39 is 164 Å². The molecule has 6 fully saturated rings. The Bertz CT molecular complexity index is 1440. The fourth-order valence-corrected chi connectivity index (χ4v) is 11.7. The first-order valence-corrected chi connectivity index (χ1v) is 19.6. The number of fused-ring (bicyclic) bond motifs is 2. The molecule has 0 aromatic heterocycles. The maximum atomic E-state index is 16.3. The van der Waals surface area contributed by atoms with Crippen LogP contribution < -0.4 is 0 Å². The first kappa shape index (κ1) is 41.7. The molecular formula is C30H30Cl8F6N2O6. The summed E-state index contributed by atoms with van der Waals surface area (Å²) in [6.45, 7) is 1.58. The third kappa shape index (κ3) is 6.15. The number of likely N-dealkylation sites (tertiary alicyclic amines) is 2. The molecule has 0 aromatic rings. The van der Waals surface area contributed by atoms with Gasteiger partial charge in [-0.15, -0.1) is 92.8 Å². The van der Waals surface area contributed by atoms with Gasteiger partial charge in [-0.1, -0.05) is 6.92 Å². The summed E-state index contributed by atoms with van der Waals surface area (Å²) < 4.78 is 105. The molecule has 22 atom stereocenters. The van der Waals surface area contributed by atoms with E-state index in [0.29, 0.717) is 9.80 Å². The second kappa shape index (κ2) is 15.1. The minimum Gasteiger partial charge on any atom is -0.366 e. The summed E-state index contributed by atoms with van der Waals surface area (Å²) >= 11 is 51.6. The topological polar surface area (TPSA) is 93.2 Å². The van der Waals surface area contributed by atoms with Crippen LogP contribution in [0.4, 0.5) is 26.3 Å². The Hall–Kier alpha value is 0.1000. The lowest BCUT2D eigenvalue weighted by molar-refractivity contribution is -0.181. The van der Waals surface area contributed by atoms with Gasteiger partial charge in [0.2, 0.25) is 23.6 Å². The fraction of sp³-hybridized carbons (Fsp3) is 0.867. The van der Waals surface area contributed by atoms with Gasteiger partial charge in [-0.2, -0.15) is 0 Å². The lowest BCUT2D eigenvalue weighted by atomic mass is 9.75. The molecule has 2 heterocycles. The number of carbonyl (C=O) groups is 4. The normalized spacial score (nSPS) is 55.5. The summed E-state index contributed by atoms with van der Waals surface area (Å²) in [6.07, 6.45) is -24.4.